The maximum atomic E-state index is 14.9. The number of hydrogen-bond donors (Lipinski definition) is 7. The van der Waals surface area contributed by atoms with Gasteiger partial charge in [-0.25, -0.2) is 9.78 Å². The van der Waals surface area contributed by atoms with E-state index in [1.54, 1.807) is 37.6 Å². The average molecular weight is 901 g/mol. The lowest BCUT2D eigenvalue weighted by molar-refractivity contribution is -0.161. The van der Waals surface area contributed by atoms with E-state index in [-0.39, 0.29) is 30.8 Å². The number of aromatic hydroxyl groups is 1. The molecule has 63 heavy (non-hydrogen) atoms. The largest absolute Gasteiger partial charge is 0.508 e. The molecular formula is C45H72N8O9S. The molecular weight excluding hydrogens is 829 g/mol. The number of benzene rings is 1. The first-order valence-electron chi connectivity index (χ1n) is 22.2. The lowest BCUT2D eigenvalue weighted by atomic mass is 10.0. The van der Waals surface area contributed by atoms with Crippen molar-refractivity contribution in [2.24, 2.45) is 18.7 Å². The molecule has 0 radical (unpaired) electrons. The van der Waals surface area contributed by atoms with Crippen molar-refractivity contribution in [2.75, 3.05) is 12.9 Å². The van der Waals surface area contributed by atoms with E-state index >= 15 is 0 Å². The van der Waals surface area contributed by atoms with Crippen LogP contribution in [-0.4, -0.2) is 110 Å². The van der Waals surface area contributed by atoms with E-state index in [1.807, 2.05) is 0 Å². The molecule has 0 unspecified atom stereocenters. The first-order chi connectivity index (χ1) is 29.9. The number of phenolic OH excluding ortho intramolecular Hbond substituents is 1. The molecule has 1 aromatic carbocycles. The number of unbranched alkanes of at least 4 members (excludes halogenated alkanes) is 10. The Bertz CT molecular complexity index is 1770. The number of hydrogen-bond acceptors (Lipinski definition) is 12. The summed E-state index contributed by atoms with van der Waals surface area (Å²) in [5, 5.41) is 20.4. The maximum absolute atomic E-state index is 14.9. The zero-order valence-corrected chi connectivity index (χ0v) is 39.1. The van der Waals surface area contributed by atoms with Gasteiger partial charge in [0.25, 0.3) is 5.91 Å². The normalized spacial score (nSPS) is 14.1. The molecule has 0 saturated heterocycles. The SMILES string of the molecule is CCCCCCCCCCCCCC(=O)N(C(=O)[C@H](Cc1ccc(O)cc1)NC(=O)[C@H](C)NC(=O)[C@@H](NC(=O)[C@H](C)NC(=O)[C@@H](N)CS)C(C)C)[C@@H](Cc1cncn1C)C(=O)OC. The van der Waals surface area contributed by atoms with E-state index < -0.39 is 83.6 Å². The summed E-state index contributed by atoms with van der Waals surface area (Å²) in [6, 6.07) is -1.27. The van der Waals surface area contributed by atoms with Crippen LogP contribution < -0.4 is 27.0 Å². The van der Waals surface area contributed by atoms with Gasteiger partial charge in [-0.2, -0.15) is 12.6 Å². The molecule has 0 aliphatic heterocycles. The van der Waals surface area contributed by atoms with Gasteiger partial charge in [0.15, 0.2) is 0 Å². The predicted molar refractivity (Wildman–Crippen MR) is 243 cm³/mol. The minimum atomic E-state index is -1.44. The van der Waals surface area contributed by atoms with Crippen LogP contribution in [-0.2, 0) is 58.2 Å². The van der Waals surface area contributed by atoms with Gasteiger partial charge in [-0.15, -0.1) is 0 Å². The summed E-state index contributed by atoms with van der Waals surface area (Å²) in [5.74, 6) is -5.52. The number of rotatable bonds is 29. The quantitative estimate of drug-likeness (QED) is 0.0355. The van der Waals surface area contributed by atoms with Gasteiger partial charge in [-0.1, -0.05) is 97.1 Å². The molecule has 17 nitrogen and oxygen atoms in total. The smallest absolute Gasteiger partial charge is 0.329 e. The van der Waals surface area contributed by atoms with Gasteiger partial charge in [-0.3, -0.25) is 33.7 Å². The lowest BCUT2D eigenvalue weighted by Gasteiger charge is -2.32. The van der Waals surface area contributed by atoms with Crippen molar-refractivity contribution in [1.29, 1.82) is 0 Å². The Balaban J connectivity index is 2.37. The number of thiol groups is 1. The monoisotopic (exact) mass is 901 g/mol. The molecule has 2 rings (SSSR count). The van der Waals surface area contributed by atoms with Gasteiger partial charge in [0.1, 0.15) is 36.0 Å². The van der Waals surface area contributed by atoms with E-state index in [1.165, 1.54) is 77.0 Å². The third-order valence-electron chi connectivity index (χ3n) is 10.9. The van der Waals surface area contributed by atoms with Crippen LogP contribution in [0.15, 0.2) is 36.8 Å². The predicted octanol–water partition coefficient (Wildman–Crippen LogP) is 3.40. The number of nitrogens with two attached hydrogens (primary N) is 1. The van der Waals surface area contributed by atoms with Crippen LogP contribution in [0.5, 0.6) is 5.75 Å². The Morgan fingerprint density at radius 1 is 0.778 bits per heavy atom. The number of carbonyl (C=O) groups is 7. The van der Waals surface area contributed by atoms with Crippen LogP contribution in [0.3, 0.4) is 0 Å². The number of esters is 1. The minimum Gasteiger partial charge on any atom is -0.508 e. The summed E-state index contributed by atoms with van der Waals surface area (Å²) in [6.07, 6.45) is 14.3. The number of carbonyl (C=O) groups excluding carboxylic acids is 7. The van der Waals surface area contributed by atoms with E-state index in [0.29, 0.717) is 17.7 Å². The third-order valence-corrected chi connectivity index (χ3v) is 11.3. The fourth-order valence-corrected chi connectivity index (χ4v) is 7.06. The minimum absolute atomic E-state index is 0.0301. The molecule has 18 heteroatoms. The van der Waals surface area contributed by atoms with Gasteiger partial charge < -0.3 is 41.4 Å². The first-order valence-corrected chi connectivity index (χ1v) is 22.8. The molecule has 0 fully saturated rings. The Kier molecular flexibility index (Phi) is 24.6. The summed E-state index contributed by atoms with van der Waals surface area (Å²) in [6.45, 7) is 8.40. The second kappa shape index (κ2) is 28.7. The summed E-state index contributed by atoms with van der Waals surface area (Å²) in [4.78, 5) is 100. The third kappa shape index (κ3) is 18.7. The second-order valence-corrected chi connectivity index (χ2v) is 16.9. The molecule has 352 valence electrons. The van der Waals surface area contributed by atoms with Gasteiger partial charge >= 0.3 is 5.97 Å². The Morgan fingerprint density at radius 3 is 1.83 bits per heavy atom. The molecule has 0 bridgehead atoms. The zero-order chi connectivity index (χ0) is 47.1. The number of imidazole rings is 1. The molecule has 0 spiro atoms. The van der Waals surface area contributed by atoms with Gasteiger partial charge in [-0.05, 0) is 43.9 Å². The van der Waals surface area contributed by atoms with Crippen molar-refractivity contribution in [1.82, 2.24) is 35.7 Å². The van der Waals surface area contributed by atoms with E-state index in [4.69, 9.17) is 10.5 Å². The molecule has 1 aromatic heterocycles. The maximum Gasteiger partial charge on any atom is 0.329 e. The molecule has 0 saturated carbocycles. The number of amides is 6. The van der Waals surface area contributed by atoms with Gasteiger partial charge in [0, 0.05) is 44.0 Å². The van der Waals surface area contributed by atoms with Crippen LogP contribution in [0.25, 0.3) is 0 Å². The molecule has 7 N–H and O–H groups in total. The number of aryl methyl sites for hydroxylation is 1. The highest BCUT2D eigenvalue weighted by Crippen LogP contribution is 2.20. The van der Waals surface area contributed by atoms with Crippen LogP contribution in [0, 0.1) is 5.92 Å². The number of methoxy groups -OCH3 is 1. The Morgan fingerprint density at radius 2 is 1.32 bits per heavy atom. The lowest BCUT2D eigenvalue weighted by Crippen LogP contribution is -2.61. The fourth-order valence-electron chi connectivity index (χ4n) is 6.89. The number of phenols is 1. The van der Waals surface area contributed by atoms with Crippen LogP contribution >= 0.6 is 12.6 Å². The van der Waals surface area contributed by atoms with E-state index in [9.17, 15) is 38.7 Å². The number of nitrogens with one attached hydrogen (secondary N) is 4. The van der Waals surface area contributed by atoms with Gasteiger partial charge in [0.05, 0.1) is 19.5 Å². The molecule has 0 aliphatic carbocycles. The summed E-state index contributed by atoms with van der Waals surface area (Å²) >= 11 is 4.00. The number of nitrogens with zero attached hydrogens (tertiary/aromatic N) is 3. The summed E-state index contributed by atoms with van der Waals surface area (Å²) in [7, 11) is 2.88. The highest BCUT2D eigenvalue weighted by Gasteiger charge is 2.40. The summed E-state index contributed by atoms with van der Waals surface area (Å²) in [5.41, 5.74) is 6.77. The van der Waals surface area contributed by atoms with E-state index in [2.05, 4.69) is 45.8 Å². The van der Waals surface area contributed by atoms with Crippen molar-refractivity contribution in [3.8, 4) is 5.75 Å². The Labute approximate surface area is 378 Å². The fraction of sp³-hybridized carbons (Fsp3) is 0.644. The Hall–Kier alpha value is -4.97. The highest BCUT2D eigenvalue weighted by atomic mass is 32.1. The van der Waals surface area contributed by atoms with Crippen molar-refractivity contribution < 1.29 is 43.4 Å². The highest BCUT2D eigenvalue weighted by molar-refractivity contribution is 7.80. The average Bonchev–Trinajstić information content (AvgIpc) is 3.67. The standard InChI is InChI=1S/C45H72N8O9S/c1-8-9-10-11-12-13-14-15-16-17-18-19-38(55)53(37(45(61)62-7)25-33-26-47-28-52(33)6)44(60)36(24-32-20-22-34(54)23-21-32)50-40(56)30(4)49-43(59)39(29(2)3)51-41(57)31(5)48-42(58)35(46)27-63/h20-23,26,28-31,35-37,39,54,63H,8-19,24-25,27,46H2,1-7H3,(H,48,58)(H,49,59)(H,50,56)(H,51,57)/t30-,31-,35-,36-,37-,39-/m0/s1. The topological polar surface area (TPSA) is 244 Å². The van der Waals surface area contributed by atoms with Crippen LogP contribution in [0.2, 0.25) is 0 Å². The van der Waals surface area contributed by atoms with Crippen molar-refractivity contribution in [3.63, 3.8) is 0 Å². The van der Waals surface area contributed by atoms with Crippen molar-refractivity contribution >= 4 is 54.0 Å². The summed E-state index contributed by atoms with van der Waals surface area (Å²) < 4.78 is 6.81. The zero-order valence-electron chi connectivity index (χ0n) is 38.2. The number of imide groups is 1. The van der Waals surface area contributed by atoms with Crippen molar-refractivity contribution in [2.45, 2.75) is 161 Å². The molecule has 6 atom stereocenters. The molecule has 0 aliphatic rings. The van der Waals surface area contributed by atoms with Gasteiger partial charge in [0.2, 0.25) is 29.5 Å². The number of aromatic nitrogens is 2. The molecule has 2 aromatic rings. The van der Waals surface area contributed by atoms with Crippen LogP contribution in [0.1, 0.15) is 123 Å². The first kappa shape index (κ1) is 54.2. The van der Waals surface area contributed by atoms with E-state index in [0.717, 1.165) is 37.7 Å². The second-order valence-electron chi connectivity index (χ2n) is 16.5. The van der Waals surface area contributed by atoms with Crippen LogP contribution in [0.4, 0.5) is 0 Å². The molecule has 1 heterocycles. The molecule has 6 amide bonds. The number of ether oxygens (including phenoxy) is 1. The van der Waals surface area contributed by atoms with Crippen molar-refractivity contribution in [3.05, 3.63) is 48.0 Å².